The quantitative estimate of drug-likeness (QED) is 0.258. The highest BCUT2D eigenvalue weighted by atomic mass is 127. The van der Waals surface area contributed by atoms with Gasteiger partial charge >= 0.3 is 5.97 Å². The van der Waals surface area contributed by atoms with Crippen LogP contribution in [0.5, 0.6) is 5.75 Å². The monoisotopic (exact) mass is 455 g/mol. The van der Waals surface area contributed by atoms with Crippen LogP contribution in [0.2, 0.25) is 0 Å². The number of hydrogen-bond donors (Lipinski definition) is 0. The lowest BCUT2D eigenvalue weighted by Crippen LogP contribution is -2.11. The zero-order valence-corrected chi connectivity index (χ0v) is 16.0. The topological polar surface area (TPSA) is 57.0 Å². The smallest absolute Gasteiger partial charge is 0.343 e. The molecule has 0 N–H and O–H groups in total. The van der Waals surface area contributed by atoms with Gasteiger partial charge in [-0.3, -0.25) is 0 Å². The summed E-state index contributed by atoms with van der Waals surface area (Å²) >= 11 is 2.17. The minimum absolute atomic E-state index is 0.412. The molecule has 4 aromatic rings. The molecule has 128 valence electrons. The number of esters is 1. The molecule has 1 aromatic heterocycles. The molecule has 0 saturated carbocycles. The van der Waals surface area contributed by atoms with Crippen molar-refractivity contribution < 1.29 is 9.53 Å². The third-order valence-electron chi connectivity index (χ3n) is 3.88. The lowest BCUT2D eigenvalue weighted by atomic mass is 10.2. The SMILES string of the molecule is Cc1ccc(OC(=O)c2cccc(I)c2)c(-n2nc3ccccc3n2)c1. The van der Waals surface area contributed by atoms with E-state index in [1.54, 1.807) is 18.2 Å². The van der Waals surface area contributed by atoms with Crippen molar-refractivity contribution in [3.05, 3.63) is 81.4 Å². The van der Waals surface area contributed by atoms with Crippen molar-refractivity contribution in [2.24, 2.45) is 0 Å². The molecule has 0 atom stereocenters. The number of fused-ring (bicyclic) bond motifs is 1. The Morgan fingerprint density at radius 1 is 0.962 bits per heavy atom. The van der Waals surface area contributed by atoms with Crippen molar-refractivity contribution >= 4 is 39.6 Å². The van der Waals surface area contributed by atoms with Crippen LogP contribution >= 0.6 is 22.6 Å². The van der Waals surface area contributed by atoms with Crippen LogP contribution in [0.1, 0.15) is 15.9 Å². The Bertz CT molecular complexity index is 1090. The Balaban J connectivity index is 1.74. The van der Waals surface area contributed by atoms with E-state index in [4.69, 9.17) is 4.74 Å². The predicted molar refractivity (Wildman–Crippen MR) is 108 cm³/mol. The Morgan fingerprint density at radius 3 is 2.38 bits per heavy atom. The summed E-state index contributed by atoms with van der Waals surface area (Å²) in [4.78, 5) is 14.0. The van der Waals surface area contributed by atoms with Crippen LogP contribution in [0.15, 0.2) is 66.7 Å². The van der Waals surface area contributed by atoms with Gasteiger partial charge in [0.15, 0.2) is 5.75 Å². The lowest BCUT2D eigenvalue weighted by molar-refractivity contribution is 0.0734. The molecular formula is C20H14IN3O2. The van der Waals surface area contributed by atoms with Crippen molar-refractivity contribution in [2.45, 2.75) is 6.92 Å². The highest BCUT2D eigenvalue weighted by Crippen LogP contribution is 2.25. The van der Waals surface area contributed by atoms with Gasteiger partial charge in [0.2, 0.25) is 0 Å². The van der Waals surface area contributed by atoms with Gasteiger partial charge in [-0.25, -0.2) is 4.79 Å². The van der Waals surface area contributed by atoms with Crippen LogP contribution < -0.4 is 4.74 Å². The van der Waals surface area contributed by atoms with E-state index in [2.05, 4.69) is 32.8 Å². The molecule has 0 aliphatic carbocycles. The summed E-state index contributed by atoms with van der Waals surface area (Å²) in [5.74, 6) is 0.00472. The number of carbonyl (C=O) groups is 1. The van der Waals surface area contributed by atoms with Crippen LogP contribution in [-0.4, -0.2) is 21.0 Å². The fraction of sp³-hybridized carbons (Fsp3) is 0.0500. The van der Waals surface area contributed by atoms with Gasteiger partial charge in [-0.15, -0.1) is 15.0 Å². The van der Waals surface area contributed by atoms with Gasteiger partial charge in [0.1, 0.15) is 16.7 Å². The maximum absolute atomic E-state index is 12.5. The van der Waals surface area contributed by atoms with Crippen LogP contribution in [0.3, 0.4) is 0 Å². The zero-order valence-electron chi connectivity index (χ0n) is 13.9. The molecule has 4 rings (SSSR count). The largest absolute Gasteiger partial charge is 0.421 e. The van der Waals surface area contributed by atoms with Gasteiger partial charge in [-0.2, -0.15) is 0 Å². The molecule has 0 aliphatic rings. The first kappa shape index (κ1) is 16.7. The van der Waals surface area contributed by atoms with Gasteiger partial charge in [0, 0.05) is 3.57 Å². The molecule has 0 saturated heterocycles. The number of nitrogens with zero attached hydrogens (tertiary/aromatic N) is 3. The number of carbonyl (C=O) groups excluding carboxylic acids is 1. The van der Waals surface area contributed by atoms with E-state index >= 15 is 0 Å². The van der Waals surface area contributed by atoms with Gasteiger partial charge < -0.3 is 4.74 Å². The number of aryl methyl sites for hydroxylation is 1. The fourth-order valence-corrected chi connectivity index (χ4v) is 3.15. The maximum atomic E-state index is 12.5. The Hall–Kier alpha value is -2.74. The van der Waals surface area contributed by atoms with E-state index in [9.17, 15) is 4.79 Å². The first-order chi connectivity index (χ1) is 12.6. The summed E-state index contributed by atoms with van der Waals surface area (Å²) in [7, 11) is 0. The second kappa shape index (κ2) is 6.87. The number of hydrogen-bond acceptors (Lipinski definition) is 4. The molecule has 26 heavy (non-hydrogen) atoms. The van der Waals surface area contributed by atoms with E-state index in [0.29, 0.717) is 17.0 Å². The van der Waals surface area contributed by atoms with Gasteiger partial charge in [0.25, 0.3) is 0 Å². The van der Waals surface area contributed by atoms with Crippen LogP contribution in [0, 0.1) is 10.5 Å². The average molecular weight is 455 g/mol. The summed E-state index contributed by atoms with van der Waals surface area (Å²) < 4.78 is 6.62. The molecular weight excluding hydrogens is 441 g/mol. The van der Waals surface area contributed by atoms with Gasteiger partial charge in [-0.05, 0) is 77.5 Å². The normalized spacial score (nSPS) is 10.8. The molecule has 0 bridgehead atoms. The first-order valence-corrected chi connectivity index (χ1v) is 9.09. The van der Waals surface area contributed by atoms with E-state index < -0.39 is 5.97 Å². The molecule has 0 fully saturated rings. The molecule has 0 unspecified atom stereocenters. The average Bonchev–Trinajstić information content (AvgIpc) is 3.07. The standard InChI is InChI=1S/C20H14IN3O2/c1-13-9-10-19(26-20(25)14-5-4-6-15(21)12-14)18(11-13)24-22-16-7-2-3-8-17(16)23-24/h2-12H,1H3. The number of rotatable bonds is 3. The number of ether oxygens (including phenoxy) is 1. The second-order valence-corrected chi connectivity index (χ2v) is 7.09. The molecule has 5 nitrogen and oxygen atoms in total. The van der Waals surface area contributed by atoms with E-state index in [1.165, 1.54) is 4.80 Å². The third-order valence-corrected chi connectivity index (χ3v) is 4.55. The summed E-state index contributed by atoms with van der Waals surface area (Å²) in [6.45, 7) is 1.97. The fourth-order valence-electron chi connectivity index (χ4n) is 2.61. The van der Waals surface area contributed by atoms with Crippen molar-refractivity contribution in [3.63, 3.8) is 0 Å². The second-order valence-electron chi connectivity index (χ2n) is 5.85. The van der Waals surface area contributed by atoms with E-state index in [1.807, 2.05) is 55.5 Å². The Labute approximate surface area is 163 Å². The third kappa shape index (κ3) is 3.32. The van der Waals surface area contributed by atoms with Gasteiger partial charge in [0.05, 0.1) is 5.56 Å². The molecule has 0 aliphatic heterocycles. The van der Waals surface area contributed by atoms with Crippen LogP contribution in [-0.2, 0) is 0 Å². The minimum Gasteiger partial charge on any atom is -0.421 e. The number of halogens is 1. The van der Waals surface area contributed by atoms with E-state index in [0.717, 1.165) is 20.2 Å². The molecule has 0 spiro atoms. The highest BCUT2D eigenvalue weighted by Gasteiger charge is 2.15. The maximum Gasteiger partial charge on any atom is 0.343 e. The number of benzene rings is 3. The summed E-state index contributed by atoms with van der Waals surface area (Å²) in [5, 5.41) is 8.98. The Kier molecular flexibility index (Phi) is 4.42. The highest BCUT2D eigenvalue weighted by molar-refractivity contribution is 14.1. The van der Waals surface area contributed by atoms with Crippen molar-refractivity contribution in [2.75, 3.05) is 0 Å². The number of aromatic nitrogens is 3. The van der Waals surface area contributed by atoms with Crippen molar-refractivity contribution in [1.82, 2.24) is 15.0 Å². The minimum atomic E-state index is -0.412. The molecule has 0 radical (unpaired) electrons. The van der Waals surface area contributed by atoms with Gasteiger partial charge in [-0.1, -0.05) is 24.3 Å². The summed E-state index contributed by atoms with van der Waals surface area (Å²) in [5.41, 5.74) is 3.71. The molecule has 6 heteroatoms. The van der Waals surface area contributed by atoms with Crippen molar-refractivity contribution in [1.29, 1.82) is 0 Å². The van der Waals surface area contributed by atoms with Crippen LogP contribution in [0.25, 0.3) is 16.7 Å². The lowest BCUT2D eigenvalue weighted by Gasteiger charge is -2.10. The molecule has 3 aromatic carbocycles. The molecule has 1 heterocycles. The summed E-state index contributed by atoms with van der Waals surface area (Å²) in [6.07, 6.45) is 0. The van der Waals surface area contributed by atoms with Crippen LogP contribution in [0.4, 0.5) is 0 Å². The van der Waals surface area contributed by atoms with Crippen molar-refractivity contribution in [3.8, 4) is 11.4 Å². The molecule has 0 amide bonds. The van der Waals surface area contributed by atoms with E-state index in [-0.39, 0.29) is 0 Å². The zero-order chi connectivity index (χ0) is 18.1. The summed E-state index contributed by atoms with van der Waals surface area (Å²) in [6, 6.07) is 20.5. The first-order valence-electron chi connectivity index (χ1n) is 8.01. The Morgan fingerprint density at radius 2 is 1.69 bits per heavy atom. The predicted octanol–water partition coefficient (Wildman–Crippen LogP) is 4.55.